The SMILES string of the molecule is Cc1ccc2c(c1)C(c1ccc(Cl)cc1)=NS2(=O)=O. The summed E-state index contributed by atoms with van der Waals surface area (Å²) in [6.45, 7) is 1.92. The van der Waals surface area contributed by atoms with E-state index in [-0.39, 0.29) is 4.90 Å². The van der Waals surface area contributed by atoms with E-state index in [4.69, 9.17) is 11.6 Å². The van der Waals surface area contributed by atoms with Crippen LogP contribution in [-0.4, -0.2) is 14.1 Å². The van der Waals surface area contributed by atoms with Crippen LogP contribution in [0.25, 0.3) is 0 Å². The molecule has 0 saturated heterocycles. The number of hydrogen-bond acceptors (Lipinski definition) is 2. The molecule has 0 amide bonds. The maximum Gasteiger partial charge on any atom is 0.283 e. The van der Waals surface area contributed by atoms with Crippen molar-refractivity contribution in [2.24, 2.45) is 4.40 Å². The van der Waals surface area contributed by atoms with Crippen LogP contribution in [0.4, 0.5) is 0 Å². The lowest BCUT2D eigenvalue weighted by molar-refractivity contribution is 0.599. The highest BCUT2D eigenvalue weighted by atomic mass is 35.5. The van der Waals surface area contributed by atoms with E-state index < -0.39 is 10.0 Å². The molecule has 5 heteroatoms. The molecular formula is C14H10ClNO2S. The Bertz CT molecular complexity index is 793. The Balaban J connectivity index is 2.25. The highest BCUT2D eigenvalue weighted by molar-refractivity contribution is 7.90. The fourth-order valence-corrected chi connectivity index (χ4v) is 3.43. The lowest BCUT2D eigenvalue weighted by atomic mass is 10.0. The van der Waals surface area contributed by atoms with Crippen molar-refractivity contribution in [1.29, 1.82) is 0 Å². The van der Waals surface area contributed by atoms with Crippen LogP contribution < -0.4 is 0 Å². The molecule has 2 aromatic carbocycles. The molecule has 96 valence electrons. The molecule has 0 aromatic heterocycles. The second-order valence-corrected chi connectivity index (χ2v) is 6.43. The third-order valence-electron chi connectivity index (χ3n) is 3.00. The van der Waals surface area contributed by atoms with Crippen LogP contribution in [0, 0.1) is 6.92 Å². The first-order valence-electron chi connectivity index (χ1n) is 5.69. The minimum Gasteiger partial charge on any atom is -0.199 e. The molecule has 19 heavy (non-hydrogen) atoms. The smallest absolute Gasteiger partial charge is 0.199 e. The summed E-state index contributed by atoms with van der Waals surface area (Å²) in [7, 11) is -3.57. The Hall–Kier alpha value is -1.65. The van der Waals surface area contributed by atoms with Crippen LogP contribution in [-0.2, 0) is 10.0 Å². The van der Waals surface area contributed by atoms with E-state index in [9.17, 15) is 8.42 Å². The third-order valence-corrected chi connectivity index (χ3v) is 4.58. The molecule has 0 bridgehead atoms. The minimum atomic E-state index is -3.57. The van der Waals surface area contributed by atoms with E-state index in [0.29, 0.717) is 16.3 Å². The van der Waals surface area contributed by atoms with Crippen LogP contribution in [0.3, 0.4) is 0 Å². The summed E-state index contributed by atoms with van der Waals surface area (Å²) in [4.78, 5) is 0.267. The first-order valence-corrected chi connectivity index (χ1v) is 7.51. The molecule has 0 aliphatic carbocycles. The van der Waals surface area contributed by atoms with Crippen molar-refractivity contribution >= 4 is 27.3 Å². The van der Waals surface area contributed by atoms with Gasteiger partial charge in [0.2, 0.25) is 0 Å². The van der Waals surface area contributed by atoms with Crippen LogP contribution in [0.5, 0.6) is 0 Å². The summed E-state index contributed by atoms with van der Waals surface area (Å²) in [5.41, 5.74) is 2.88. The number of nitrogens with zero attached hydrogens (tertiary/aromatic N) is 1. The molecule has 0 saturated carbocycles. The molecule has 0 N–H and O–H groups in total. The van der Waals surface area contributed by atoms with Gasteiger partial charge in [-0.1, -0.05) is 35.4 Å². The van der Waals surface area contributed by atoms with Gasteiger partial charge in [0.15, 0.2) is 0 Å². The predicted octanol–water partition coefficient (Wildman–Crippen LogP) is 3.19. The molecule has 0 atom stereocenters. The normalized spacial score (nSPS) is 16.0. The van der Waals surface area contributed by atoms with E-state index >= 15 is 0 Å². The summed E-state index contributed by atoms with van der Waals surface area (Å²) in [5, 5.41) is 0.606. The number of aryl methyl sites for hydroxylation is 1. The molecule has 0 fully saturated rings. The first-order chi connectivity index (χ1) is 8.97. The Labute approximate surface area is 116 Å². The minimum absolute atomic E-state index is 0.267. The number of fused-ring (bicyclic) bond motifs is 1. The Morgan fingerprint density at radius 1 is 1.05 bits per heavy atom. The average molecular weight is 292 g/mol. The fraction of sp³-hybridized carbons (Fsp3) is 0.0714. The monoisotopic (exact) mass is 291 g/mol. The number of benzene rings is 2. The molecule has 2 aromatic rings. The summed E-state index contributed by atoms with van der Waals surface area (Å²) >= 11 is 5.84. The molecule has 1 heterocycles. The van der Waals surface area contributed by atoms with E-state index in [1.807, 2.05) is 13.0 Å². The largest absolute Gasteiger partial charge is 0.283 e. The van der Waals surface area contributed by atoms with Crippen molar-refractivity contribution in [3.8, 4) is 0 Å². The van der Waals surface area contributed by atoms with E-state index in [0.717, 1.165) is 11.1 Å². The molecule has 0 unspecified atom stereocenters. The van der Waals surface area contributed by atoms with Crippen molar-refractivity contribution in [3.05, 3.63) is 64.2 Å². The Morgan fingerprint density at radius 2 is 1.74 bits per heavy atom. The maximum absolute atomic E-state index is 12.0. The van der Waals surface area contributed by atoms with Crippen molar-refractivity contribution in [1.82, 2.24) is 0 Å². The standard InChI is InChI=1S/C14H10ClNO2S/c1-9-2-7-13-12(8-9)14(16-19(13,17)18)10-3-5-11(15)6-4-10/h2-8H,1H3. The maximum atomic E-state index is 12.0. The van der Waals surface area contributed by atoms with Gasteiger partial charge in [-0.05, 0) is 31.2 Å². The van der Waals surface area contributed by atoms with Crippen LogP contribution in [0.15, 0.2) is 51.8 Å². The molecule has 3 rings (SSSR count). The molecular weight excluding hydrogens is 282 g/mol. The van der Waals surface area contributed by atoms with Crippen molar-refractivity contribution in [3.63, 3.8) is 0 Å². The molecule has 0 radical (unpaired) electrons. The van der Waals surface area contributed by atoms with Gasteiger partial charge in [0.05, 0.1) is 10.6 Å². The number of hydrogen-bond donors (Lipinski definition) is 0. The summed E-state index contributed by atoms with van der Waals surface area (Å²) in [5.74, 6) is 0. The highest BCUT2D eigenvalue weighted by Crippen LogP contribution is 2.30. The summed E-state index contributed by atoms with van der Waals surface area (Å²) in [6.07, 6.45) is 0. The average Bonchev–Trinajstić information content (AvgIpc) is 2.62. The zero-order valence-corrected chi connectivity index (χ0v) is 11.7. The van der Waals surface area contributed by atoms with Gasteiger partial charge in [-0.2, -0.15) is 12.8 Å². The predicted molar refractivity (Wildman–Crippen MR) is 75.5 cm³/mol. The summed E-state index contributed by atoms with van der Waals surface area (Å²) < 4.78 is 27.9. The molecule has 0 spiro atoms. The second-order valence-electron chi connectivity index (χ2n) is 4.42. The number of rotatable bonds is 1. The first kappa shape index (κ1) is 12.4. The lowest BCUT2D eigenvalue weighted by Gasteiger charge is -2.03. The third kappa shape index (κ3) is 2.07. The van der Waals surface area contributed by atoms with Crippen molar-refractivity contribution in [2.45, 2.75) is 11.8 Å². The van der Waals surface area contributed by atoms with E-state index in [1.54, 1.807) is 36.4 Å². The van der Waals surface area contributed by atoms with Gasteiger partial charge < -0.3 is 0 Å². The van der Waals surface area contributed by atoms with Crippen LogP contribution >= 0.6 is 11.6 Å². The van der Waals surface area contributed by atoms with Crippen LogP contribution in [0.2, 0.25) is 5.02 Å². The Kier molecular flexibility index (Phi) is 2.73. The van der Waals surface area contributed by atoms with Gasteiger partial charge in [0.25, 0.3) is 10.0 Å². The fourth-order valence-electron chi connectivity index (χ4n) is 2.09. The van der Waals surface area contributed by atoms with Gasteiger partial charge in [-0.3, -0.25) is 0 Å². The van der Waals surface area contributed by atoms with Crippen LogP contribution in [0.1, 0.15) is 16.7 Å². The highest BCUT2D eigenvalue weighted by Gasteiger charge is 2.29. The zero-order valence-electron chi connectivity index (χ0n) is 10.1. The quantitative estimate of drug-likeness (QED) is 0.810. The molecule has 1 aliphatic rings. The number of sulfonamides is 1. The van der Waals surface area contributed by atoms with Gasteiger partial charge in [-0.25, -0.2) is 0 Å². The zero-order chi connectivity index (χ0) is 13.6. The van der Waals surface area contributed by atoms with Gasteiger partial charge in [-0.15, -0.1) is 0 Å². The van der Waals surface area contributed by atoms with Crippen molar-refractivity contribution < 1.29 is 8.42 Å². The van der Waals surface area contributed by atoms with E-state index in [2.05, 4.69) is 4.40 Å². The topological polar surface area (TPSA) is 46.5 Å². The van der Waals surface area contributed by atoms with Gasteiger partial charge in [0, 0.05) is 16.1 Å². The number of halogens is 1. The lowest BCUT2D eigenvalue weighted by Crippen LogP contribution is -2.00. The van der Waals surface area contributed by atoms with Gasteiger partial charge >= 0.3 is 0 Å². The molecule has 3 nitrogen and oxygen atoms in total. The molecule has 1 aliphatic heterocycles. The van der Waals surface area contributed by atoms with Crippen molar-refractivity contribution in [2.75, 3.05) is 0 Å². The van der Waals surface area contributed by atoms with Gasteiger partial charge in [0.1, 0.15) is 0 Å². The summed E-state index contributed by atoms with van der Waals surface area (Å²) in [6, 6.07) is 12.2. The van der Waals surface area contributed by atoms with E-state index in [1.165, 1.54) is 0 Å². The Morgan fingerprint density at radius 3 is 2.42 bits per heavy atom. The second kappa shape index (κ2) is 4.18.